The highest BCUT2D eigenvalue weighted by molar-refractivity contribution is 7.13. The van der Waals surface area contributed by atoms with E-state index in [1.54, 1.807) is 11.6 Å². The lowest BCUT2D eigenvalue weighted by Crippen LogP contribution is -2.49. The van der Waals surface area contributed by atoms with Gasteiger partial charge in [0.05, 0.1) is 19.2 Å². The van der Waals surface area contributed by atoms with Crippen LogP contribution in [-0.2, 0) is 16.0 Å². The lowest BCUT2D eigenvalue weighted by molar-refractivity contribution is -0.130. The van der Waals surface area contributed by atoms with E-state index in [9.17, 15) is 9.59 Å². The maximum atomic E-state index is 12.4. The molecule has 0 atom stereocenters. The molecule has 1 saturated heterocycles. The molecule has 2 aromatic rings. The van der Waals surface area contributed by atoms with Gasteiger partial charge in [-0.15, -0.1) is 11.3 Å². The summed E-state index contributed by atoms with van der Waals surface area (Å²) in [7, 11) is 1.29. The first-order valence-electron chi connectivity index (χ1n) is 7.89. The number of carbonyl (C=O) groups excluding carboxylic acids is 2. The molecule has 0 saturated carbocycles. The molecule has 1 N–H and O–H groups in total. The zero-order valence-electron chi connectivity index (χ0n) is 13.8. The molecule has 8 nitrogen and oxygen atoms in total. The summed E-state index contributed by atoms with van der Waals surface area (Å²) in [5, 5.41) is 4.69. The number of anilines is 2. The number of aromatic nitrogens is 2. The maximum Gasteiger partial charge on any atom is 0.413 e. The van der Waals surface area contributed by atoms with Gasteiger partial charge in [0.1, 0.15) is 5.82 Å². The zero-order valence-corrected chi connectivity index (χ0v) is 14.7. The predicted molar refractivity (Wildman–Crippen MR) is 94.9 cm³/mol. The van der Waals surface area contributed by atoms with Crippen LogP contribution in [0.3, 0.4) is 0 Å². The van der Waals surface area contributed by atoms with Crippen molar-refractivity contribution in [2.75, 3.05) is 43.5 Å². The van der Waals surface area contributed by atoms with Gasteiger partial charge < -0.3 is 14.5 Å². The highest BCUT2D eigenvalue weighted by Crippen LogP contribution is 2.17. The van der Waals surface area contributed by atoms with Crippen molar-refractivity contribution >= 4 is 34.3 Å². The second-order valence-electron chi connectivity index (χ2n) is 5.49. The molecule has 0 radical (unpaired) electrons. The fourth-order valence-corrected chi connectivity index (χ4v) is 3.27. The summed E-state index contributed by atoms with van der Waals surface area (Å²) in [6.45, 7) is 2.84. The Hall–Kier alpha value is -2.68. The van der Waals surface area contributed by atoms with E-state index in [2.05, 4.69) is 24.9 Å². The van der Waals surface area contributed by atoms with Crippen molar-refractivity contribution in [2.24, 2.45) is 0 Å². The summed E-state index contributed by atoms with van der Waals surface area (Å²) < 4.78 is 4.52. The van der Waals surface area contributed by atoms with Crippen LogP contribution in [0, 0.1) is 0 Å². The van der Waals surface area contributed by atoms with Crippen molar-refractivity contribution in [1.82, 2.24) is 14.9 Å². The second kappa shape index (κ2) is 7.93. The van der Waals surface area contributed by atoms with Crippen molar-refractivity contribution in [1.29, 1.82) is 0 Å². The summed E-state index contributed by atoms with van der Waals surface area (Å²) in [6, 6.07) is 5.82. The highest BCUT2D eigenvalue weighted by Gasteiger charge is 2.22. The summed E-state index contributed by atoms with van der Waals surface area (Å²) in [5.74, 6) is 0.975. The largest absolute Gasteiger partial charge is 0.453 e. The molecule has 132 valence electrons. The molecule has 9 heteroatoms. The standard InChI is InChI=1S/C16H19N5O3S/c1-24-16(23)19-15-18-12(11-25-15)10-14(22)21-8-6-20(7-9-21)13-4-2-3-5-17-13/h2-5,11H,6-10H2,1H3,(H,18,19,23). The number of hydrogen-bond donors (Lipinski definition) is 1. The van der Waals surface area contributed by atoms with Crippen LogP contribution in [-0.4, -0.2) is 60.2 Å². The summed E-state index contributed by atoms with van der Waals surface area (Å²) >= 11 is 1.27. The Morgan fingerprint density at radius 2 is 2.08 bits per heavy atom. The molecule has 0 unspecified atom stereocenters. The lowest BCUT2D eigenvalue weighted by Gasteiger charge is -2.35. The molecule has 3 heterocycles. The number of amides is 2. The van der Waals surface area contributed by atoms with Crippen LogP contribution >= 0.6 is 11.3 Å². The number of pyridine rings is 1. The van der Waals surface area contributed by atoms with Crippen LogP contribution in [0.5, 0.6) is 0 Å². The first-order chi connectivity index (χ1) is 12.2. The smallest absolute Gasteiger partial charge is 0.413 e. The number of rotatable bonds is 4. The molecular formula is C16H19N5O3S. The maximum absolute atomic E-state index is 12.4. The van der Waals surface area contributed by atoms with Gasteiger partial charge in [0.25, 0.3) is 0 Å². The SMILES string of the molecule is COC(=O)Nc1nc(CC(=O)N2CCN(c3ccccn3)CC2)cs1. The average Bonchev–Trinajstić information content (AvgIpc) is 3.09. The fourth-order valence-electron chi connectivity index (χ4n) is 2.58. The van der Waals surface area contributed by atoms with Crippen molar-refractivity contribution in [3.05, 3.63) is 35.5 Å². The van der Waals surface area contributed by atoms with Gasteiger partial charge in [0, 0.05) is 37.8 Å². The Morgan fingerprint density at radius 3 is 2.76 bits per heavy atom. The number of methoxy groups -OCH3 is 1. The van der Waals surface area contributed by atoms with E-state index in [0.717, 1.165) is 18.9 Å². The first-order valence-corrected chi connectivity index (χ1v) is 8.77. The van der Waals surface area contributed by atoms with Crippen molar-refractivity contribution in [3.63, 3.8) is 0 Å². The van der Waals surface area contributed by atoms with Crippen LogP contribution in [0.4, 0.5) is 15.7 Å². The number of thiazole rings is 1. The van der Waals surface area contributed by atoms with Crippen LogP contribution < -0.4 is 10.2 Å². The van der Waals surface area contributed by atoms with Gasteiger partial charge in [-0.2, -0.15) is 0 Å². The minimum absolute atomic E-state index is 0.0376. The van der Waals surface area contributed by atoms with Crippen molar-refractivity contribution in [2.45, 2.75) is 6.42 Å². The van der Waals surface area contributed by atoms with E-state index in [1.165, 1.54) is 18.4 Å². The lowest BCUT2D eigenvalue weighted by atomic mass is 10.2. The van der Waals surface area contributed by atoms with Crippen molar-refractivity contribution < 1.29 is 14.3 Å². The van der Waals surface area contributed by atoms with Crippen molar-refractivity contribution in [3.8, 4) is 0 Å². The molecule has 0 spiro atoms. The van der Waals surface area contributed by atoms with E-state index in [4.69, 9.17) is 0 Å². The molecule has 2 amide bonds. The van der Waals surface area contributed by atoms with E-state index < -0.39 is 6.09 Å². The van der Waals surface area contributed by atoms with Crippen LogP contribution in [0.1, 0.15) is 5.69 Å². The van der Waals surface area contributed by atoms with Gasteiger partial charge in [-0.1, -0.05) is 6.07 Å². The van der Waals surface area contributed by atoms with Crippen LogP contribution in [0.2, 0.25) is 0 Å². The van der Waals surface area contributed by atoms with E-state index >= 15 is 0 Å². The van der Waals surface area contributed by atoms with Crippen LogP contribution in [0.15, 0.2) is 29.8 Å². The molecule has 1 aliphatic heterocycles. The Kier molecular flexibility index (Phi) is 5.44. The summed E-state index contributed by atoms with van der Waals surface area (Å²) in [5.41, 5.74) is 0.647. The quantitative estimate of drug-likeness (QED) is 0.890. The van der Waals surface area contributed by atoms with Gasteiger partial charge >= 0.3 is 6.09 Å². The molecule has 25 heavy (non-hydrogen) atoms. The molecule has 1 fully saturated rings. The minimum Gasteiger partial charge on any atom is -0.453 e. The van der Waals surface area contributed by atoms with Gasteiger partial charge in [-0.05, 0) is 12.1 Å². The van der Waals surface area contributed by atoms with E-state index in [1.807, 2.05) is 23.1 Å². The monoisotopic (exact) mass is 361 g/mol. The van der Waals surface area contributed by atoms with Gasteiger partial charge in [0.15, 0.2) is 5.13 Å². The molecular weight excluding hydrogens is 342 g/mol. The van der Waals surface area contributed by atoms with E-state index in [0.29, 0.717) is 23.9 Å². The van der Waals surface area contributed by atoms with Gasteiger partial charge in [-0.25, -0.2) is 14.8 Å². The van der Waals surface area contributed by atoms with Gasteiger partial charge in [0.2, 0.25) is 5.91 Å². The highest BCUT2D eigenvalue weighted by atomic mass is 32.1. The average molecular weight is 361 g/mol. The number of nitrogens with one attached hydrogen (secondary N) is 1. The Balaban J connectivity index is 1.50. The second-order valence-corrected chi connectivity index (χ2v) is 6.35. The third kappa shape index (κ3) is 4.44. The molecule has 2 aromatic heterocycles. The molecule has 0 aliphatic carbocycles. The number of piperazine rings is 1. The van der Waals surface area contributed by atoms with Crippen LogP contribution in [0.25, 0.3) is 0 Å². The first kappa shape index (κ1) is 17.2. The molecule has 1 aliphatic rings. The molecule has 0 bridgehead atoms. The third-order valence-electron chi connectivity index (χ3n) is 3.88. The number of ether oxygens (including phenoxy) is 1. The third-order valence-corrected chi connectivity index (χ3v) is 4.69. The fraction of sp³-hybridized carbons (Fsp3) is 0.375. The number of carbonyl (C=O) groups is 2. The molecule has 0 aromatic carbocycles. The Morgan fingerprint density at radius 1 is 1.28 bits per heavy atom. The zero-order chi connectivity index (χ0) is 17.6. The summed E-state index contributed by atoms with van der Waals surface area (Å²) in [4.78, 5) is 36.2. The minimum atomic E-state index is -0.571. The van der Waals surface area contributed by atoms with Gasteiger partial charge in [-0.3, -0.25) is 10.1 Å². The molecule has 3 rings (SSSR count). The topological polar surface area (TPSA) is 87.7 Å². The van der Waals surface area contributed by atoms with E-state index in [-0.39, 0.29) is 12.3 Å². The Labute approximate surface area is 149 Å². The predicted octanol–water partition coefficient (Wildman–Crippen LogP) is 1.61. The number of hydrogen-bond acceptors (Lipinski definition) is 7. The summed E-state index contributed by atoms with van der Waals surface area (Å²) in [6.07, 6.45) is 1.43. The Bertz CT molecular complexity index is 728. The normalized spacial score (nSPS) is 14.3. The number of nitrogens with zero attached hydrogens (tertiary/aromatic N) is 4.